The standard InChI is InChI=1S/C8H11BN2O3/c1-14-8-6(9(12)13)7(5-2-3-5)10-4-11-8/h4-5,12-13H,2-3H2,1H3. The van der Waals surface area contributed by atoms with Crippen molar-refractivity contribution in [1.29, 1.82) is 0 Å². The van der Waals surface area contributed by atoms with Crippen molar-refractivity contribution >= 4 is 12.6 Å². The number of hydrogen-bond acceptors (Lipinski definition) is 5. The van der Waals surface area contributed by atoms with Crippen LogP contribution in [0, 0.1) is 0 Å². The highest BCUT2D eigenvalue weighted by atomic mass is 16.5. The predicted octanol–water partition coefficient (Wildman–Crippen LogP) is -0.958. The third-order valence-electron chi connectivity index (χ3n) is 2.29. The molecular formula is C8H11BN2O3. The van der Waals surface area contributed by atoms with Gasteiger partial charge in [0, 0.05) is 5.92 Å². The zero-order valence-electron chi connectivity index (χ0n) is 7.84. The molecule has 0 aromatic carbocycles. The molecule has 14 heavy (non-hydrogen) atoms. The molecule has 5 nitrogen and oxygen atoms in total. The number of nitrogens with zero attached hydrogens (tertiary/aromatic N) is 2. The maximum atomic E-state index is 9.19. The molecule has 0 saturated heterocycles. The molecule has 1 fully saturated rings. The fraction of sp³-hybridized carbons (Fsp3) is 0.500. The maximum absolute atomic E-state index is 9.19. The lowest BCUT2D eigenvalue weighted by Crippen LogP contribution is -2.35. The van der Waals surface area contributed by atoms with E-state index in [-0.39, 0.29) is 5.88 Å². The number of rotatable bonds is 3. The van der Waals surface area contributed by atoms with E-state index in [4.69, 9.17) is 4.74 Å². The van der Waals surface area contributed by atoms with Gasteiger partial charge >= 0.3 is 7.12 Å². The fourth-order valence-electron chi connectivity index (χ4n) is 1.48. The van der Waals surface area contributed by atoms with Gasteiger partial charge in [0.2, 0.25) is 5.88 Å². The van der Waals surface area contributed by atoms with Crippen LogP contribution in [-0.2, 0) is 0 Å². The summed E-state index contributed by atoms with van der Waals surface area (Å²) < 4.78 is 4.95. The molecule has 0 aliphatic heterocycles. The van der Waals surface area contributed by atoms with Crippen LogP contribution < -0.4 is 10.2 Å². The third-order valence-corrected chi connectivity index (χ3v) is 2.29. The third kappa shape index (κ3) is 1.58. The van der Waals surface area contributed by atoms with Crippen LogP contribution in [0.2, 0.25) is 0 Å². The van der Waals surface area contributed by atoms with E-state index in [2.05, 4.69) is 9.97 Å². The Balaban J connectivity index is 2.46. The molecule has 0 amide bonds. The Hall–Kier alpha value is -1.14. The minimum Gasteiger partial charge on any atom is -0.481 e. The Kier molecular flexibility index (Phi) is 2.39. The van der Waals surface area contributed by atoms with E-state index in [1.165, 1.54) is 13.4 Å². The van der Waals surface area contributed by atoms with Crippen molar-refractivity contribution in [3.05, 3.63) is 12.0 Å². The van der Waals surface area contributed by atoms with Crippen molar-refractivity contribution in [2.45, 2.75) is 18.8 Å². The summed E-state index contributed by atoms with van der Waals surface area (Å²) in [7, 11) is -0.119. The average molecular weight is 194 g/mol. The molecule has 1 saturated carbocycles. The minimum atomic E-state index is -1.57. The zero-order chi connectivity index (χ0) is 10.1. The molecule has 2 rings (SSSR count). The van der Waals surface area contributed by atoms with Crippen molar-refractivity contribution < 1.29 is 14.8 Å². The average Bonchev–Trinajstić information content (AvgIpc) is 2.99. The number of ether oxygens (including phenoxy) is 1. The van der Waals surface area contributed by atoms with Crippen LogP contribution in [0.25, 0.3) is 0 Å². The van der Waals surface area contributed by atoms with Gasteiger partial charge in [0.15, 0.2) is 0 Å². The monoisotopic (exact) mass is 194 g/mol. The Morgan fingerprint density at radius 2 is 2.14 bits per heavy atom. The first-order chi connectivity index (χ1) is 6.74. The smallest absolute Gasteiger partial charge is 0.481 e. The van der Waals surface area contributed by atoms with Crippen LogP contribution >= 0.6 is 0 Å². The van der Waals surface area contributed by atoms with Gasteiger partial charge < -0.3 is 14.8 Å². The van der Waals surface area contributed by atoms with Crippen molar-refractivity contribution in [1.82, 2.24) is 9.97 Å². The van der Waals surface area contributed by atoms with Crippen LogP contribution in [0.3, 0.4) is 0 Å². The van der Waals surface area contributed by atoms with Gasteiger partial charge in [-0.05, 0) is 12.8 Å². The Bertz CT molecular complexity index is 341. The van der Waals surface area contributed by atoms with Crippen LogP contribution in [0.4, 0.5) is 0 Å². The van der Waals surface area contributed by atoms with Gasteiger partial charge in [-0.25, -0.2) is 9.97 Å². The quantitative estimate of drug-likeness (QED) is 0.606. The molecule has 2 N–H and O–H groups in total. The molecule has 0 bridgehead atoms. The van der Waals surface area contributed by atoms with Gasteiger partial charge in [0.05, 0.1) is 18.3 Å². The molecule has 0 radical (unpaired) electrons. The van der Waals surface area contributed by atoms with Gasteiger partial charge in [0.25, 0.3) is 0 Å². The van der Waals surface area contributed by atoms with Crippen LogP contribution in [-0.4, -0.2) is 34.2 Å². The van der Waals surface area contributed by atoms with Crippen LogP contribution in [0.15, 0.2) is 6.33 Å². The first-order valence-corrected chi connectivity index (χ1v) is 4.49. The van der Waals surface area contributed by atoms with E-state index in [0.717, 1.165) is 12.8 Å². The molecule has 0 spiro atoms. The largest absolute Gasteiger partial charge is 0.495 e. The number of methoxy groups -OCH3 is 1. The molecule has 1 aliphatic carbocycles. The van der Waals surface area contributed by atoms with Crippen LogP contribution in [0.1, 0.15) is 24.5 Å². The summed E-state index contributed by atoms with van der Waals surface area (Å²) in [6.07, 6.45) is 3.47. The SMILES string of the molecule is COc1ncnc(C2CC2)c1B(O)O. The van der Waals surface area contributed by atoms with E-state index >= 15 is 0 Å². The van der Waals surface area contributed by atoms with Gasteiger partial charge in [-0.1, -0.05) is 0 Å². The van der Waals surface area contributed by atoms with Crippen LogP contribution in [0.5, 0.6) is 5.88 Å². The summed E-state index contributed by atoms with van der Waals surface area (Å²) in [5.74, 6) is 0.584. The lowest BCUT2D eigenvalue weighted by Gasteiger charge is -2.09. The zero-order valence-corrected chi connectivity index (χ0v) is 7.84. The summed E-state index contributed by atoms with van der Waals surface area (Å²) >= 11 is 0. The predicted molar refractivity (Wildman–Crippen MR) is 50.4 cm³/mol. The molecule has 1 heterocycles. The fourth-order valence-corrected chi connectivity index (χ4v) is 1.48. The van der Waals surface area contributed by atoms with Crippen molar-refractivity contribution in [3.8, 4) is 5.88 Å². The van der Waals surface area contributed by atoms with Crippen molar-refractivity contribution in [3.63, 3.8) is 0 Å². The van der Waals surface area contributed by atoms with E-state index < -0.39 is 7.12 Å². The molecule has 1 aromatic heterocycles. The normalized spacial score (nSPS) is 15.4. The maximum Gasteiger partial charge on any atom is 0.495 e. The topological polar surface area (TPSA) is 75.5 Å². The summed E-state index contributed by atoms with van der Waals surface area (Å²) in [4.78, 5) is 7.90. The van der Waals surface area contributed by atoms with Gasteiger partial charge in [-0.2, -0.15) is 0 Å². The summed E-state index contributed by atoms with van der Waals surface area (Å²) in [5, 5.41) is 18.4. The Labute approximate surface area is 81.9 Å². The molecule has 0 atom stereocenters. The second kappa shape index (κ2) is 3.55. The first-order valence-electron chi connectivity index (χ1n) is 4.49. The molecule has 1 aromatic rings. The Morgan fingerprint density at radius 1 is 1.43 bits per heavy atom. The summed E-state index contributed by atoms with van der Waals surface area (Å²) in [5.41, 5.74) is 1.00. The molecular weight excluding hydrogens is 183 g/mol. The Morgan fingerprint density at radius 3 is 2.64 bits per heavy atom. The van der Waals surface area contributed by atoms with Gasteiger partial charge in [-0.3, -0.25) is 0 Å². The van der Waals surface area contributed by atoms with E-state index in [1.807, 2.05) is 0 Å². The minimum absolute atomic E-state index is 0.247. The highest BCUT2D eigenvalue weighted by Crippen LogP contribution is 2.38. The highest BCUT2D eigenvalue weighted by molar-refractivity contribution is 6.60. The lowest BCUT2D eigenvalue weighted by atomic mass is 9.78. The van der Waals surface area contributed by atoms with E-state index in [1.54, 1.807) is 0 Å². The second-order valence-electron chi connectivity index (χ2n) is 3.33. The van der Waals surface area contributed by atoms with E-state index in [9.17, 15) is 10.0 Å². The first kappa shape index (κ1) is 9.42. The highest BCUT2D eigenvalue weighted by Gasteiger charge is 2.33. The molecule has 1 aliphatic rings. The molecule has 0 unspecified atom stereocenters. The van der Waals surface area contributed by atoms with E-state index in [0.29, 0.717) is 17.1 Å². The second-order valence-corrected chi connectivity index (χ2v) is 3.33. The summed E-state index contributed by atoms with van der Waals surface area (Å²) in [6, 6.07) is 0. The lowest BCUT2D eigenvalue weighted by molar-refractivity contribution is 0.389. The van der Waals surface area contributed by atoms with Crippen molar-refractivity contribution in [2.75, 3.05) is 7.11 Å². The van der Waals surface area contributed by atoms with Gasteiger partial charge in [-0.15, -0.1) is 0 Å². The van der Waals surface area contributed by atoms with Gasteiger partial charge in [0.1, 0.15) is 6.33 Å². The number of aromatic nitrogens is 2. The summed E-state index contributed by atoms with van der Waals surface area (Å²) in [6.45, 7) is 0. The molecule has 6 heteroatoms. The molecule has 74 valence electrons. The number of hydrogen-bond donors (Lipinski definition) is 2. The van der Waals surface area contributed by atoms with Crippen molar-refractivity contribution in [2.24, 2.45) is 0 Å².